The monoisotopic (exact) mass is 212 g/mol. The van der Waals surface area contributed by atoms with Crippen LogP contribution < -0.4 is 10.1 Å². The second-order valence-electron chi connectivity index (χ2n) is 2.59. The van der Waals surface area contributed by atoms with Gasteiger partial charge >= 0.3 is 0 Å². The Morgan fingerprint density at radius 2 is 2.00 bits per heavy atom. The molecular weight excluding hydrogens is 200 g/mol. The third-order valence-electron chi connectivity index (χ3n) is 1.60. The van der Waals surface area contributed by atoms with Crippen LogP contribution in [0, 0.1) is 11.3 Å². The van der Waals surface area contributed by atoms with Crippen LogP contribution in [0.1, 0.15) is 5.56 Å². The van der Waals surface area contributed by atoms with Gasteiger partial charge in [0.15, 0.2) is 0 Å². The highest BCUT2D eigenvalue weighted by Gasteiger charge is 1.93. The molecule has 0 aliphatic rings. The van der Waals surface area contributed by atoms with Crippen LogP contribution in [0.4, 0.5) is 0 Å². The molecule has 0 radical (unpaired) electrons. The number of nitrogens with zero attached hydrogens (tertiary/aromatic N) is 1. The second kappa shape index (κ2) is 7.19. The number of ether oxygens (including phenoxy) is 1. The van der Waals surface area contributed by atoms with E-state index in [1.165, 1.54) is 0 Å². The Bertz CT molecular complexity index is 292. The molecule has 76 valence electrons. The highest BCUT2D eigenvalue weighted by molar-refractivity contribution is 5.85. The van der Waals surface area contributed by atoms with E-state index in [1.54, 1.807) is 24.3 Å². The van der Waals surface area contributed by atoms with Crippen molar-refractivity contribution < 1.29 is 4.74 Å². The zero-order chi connectivity index (χ0) is 9.52. The van der Waals surface area contributed by atoms with Crippen LogP contribution in [-0.4, -0.2) is 20.2 Å². The Morgan fingerprint density at radius 1 is 1.36 bits per heavy atom. The van der Waals surface area contributed by atoms with E-state index in [4.69, 9.17) is 10.00 Å². The van der Waals surface area contributed by atoms with Crippen LogP contribution >= 0.6 is 12.4 Å². The first-order valence-corrected chi connectivity index (χ1v) is 4.14. The van der Waals surface area contributed by atoms with E-state index in [2.05, 4.69) is 11.4 Å². The number of halogens is 1. The molecule has 0 unspecified atom stereocenters. The Kier molecular flexibility index (Phi) is 6.55. The molecule has 0 fully saturated rings. The molecule has 14 heavy (non-hydrogen) atoms. The predicted octanol–water partition coefficient (Wildman–Crippen LogP) is 1.58. The normalized spacial score (nSPS) is 8.57. The van der Waals surface area contributed by atoms with Crippen LogP contribution in [0.2, 0.25) is 0 Å². The van der Waals surface area contributed by atoms with E-state index >= 15 is 0 Å². The van der Waals surface area contributed by atoms with E-state index in [1.807, 2.05) is 7.05 Å². The Labute approximate surface area is 90.1 Å². The lowest BCUT2D eigenvalue weighted by atomic mass is 10.2. The average molecular weight is 213 g/mol. The molecule has 0 atom stereocenters. The maximum absolute atomic E-state index is 8.54. The minimum absolute atomic E-state index is 0. The van der Waals surface area contributed by atoms with Crippen molar-refractivity contribution in [2.24, 2.45) is 0 Å². The van der Waals surface area contributed by atoms with Gasteiger partial charge in [0.1, 0.15) is 12.4 Å². The molecule has 0 aromatic heterocycles. The fourth-order valence-corrected chi connectivity index (χ4v) is 0.897. The third-order valence-corrected chi connectivity index (χ3v) is 1.60. The highest BCUT2D eigenvalue weighted by Crippen LogP contribution is 2.10. The SMILES string of the molecule is CNCCOc1ccc(C#N)cc1.Cl. The maximum Gasteiger partial charge on any atom is 0.119 e. The molecule has 1 aromatic carbocycles. The van der Waals surface area contributed by atoms with Crippen molar-refractivity contribution in [2.45, 2.75) is 0 Å². The van der Waals surface area contributed by atoms with Crippen molar-refractivity contribution in [1.82, 2.24) is 5.32 Å². The minimum atomic E-state index is 0. The summed E-state index contributed by atoms with van der Waals surface area (Å²) < 4.78 is 5.37. The van der Waals surface area contributed by atoms with Gasteiger partial charge in [0.25, 0.3) is 0 Å². The van der Waals surface area contributed by atoms with Gasteiger partial charge in [0.05, 0.1) is 11.6 Å². The summed E-state index contributed by atoms with van der Waals surface area (Å²) in [5.41, 5.74) is 0.654. The number of nitriles is 1. The Morgan fingerprint density at radius 3 is 2.50 bits per heavy atom. The molecule has 1 N–H and O–H groups in total. The molecular formula is C10H13ClN2O. The van der Waals surface area contributed by atoms with E-state index < -0.39 is 0 Å². The lowest BCUT2D eigenvalue weighted by Crippen LogP contribution is -2.15. The van der Waals surface area contributed by atoms with Crippen molar-refractivity contribution in [3.05, 3.63) is 29.8 Å². The molecule has 1 rings (SSSR count). The van der Waals surface area contributed by atoms with Gasteiger partial charge in [-0.1, -0.05) is 0 Å². The van der Waals surface area contributed by atoms with Gasteiger partial charge in [-0.25, -0.2) is 0 Å². The van der Waals surface area contributed by atoms with Crippen molar-refractivity contribution >= 4 is 12.4 Å². The summed E-state index contributed by atoms with van der Waals surface area (Å²) in [6, 6.07) is 9.14. The molecule has 0 saturated carbocycles. The molecule has 0 bridgehead atoms. The van der Waals surface area contributed by atoms with Gasteiger partial charge in [0.2, 0.25) is 0 Å². The summed E-state index contributed by atoms with van der Waals surface area (Å²) in [5, 5.41) is 11.5. The van der Waals surface area contributed by atoms with Gasteiger partial charge < -0.3 is 10.1 Å². The first-order valence-electron chi connectivity index (χ1n) is 4.14. The Balaban J connectivity index is 0.00000169. The summed E-state index contributed by atoms with van der Waals surface area (Å²) >= 11 is 0. The van der Waals surface area contributed by atoms with E-state index in [0.717, 1.165) is 12.3 Å². The smallest absolute Gasteiger partial charge is 0.119 e. The van der Waals surface area contributed by atoms with E-state index in [9.17, 15) is 0 Å². The summed E-state index contributed by atoms with van der Waals surface area (Å²) in [4.78, 5) is 0. The standard InChI is InChI=1S/C10H12N2O.ClH/c1-12-6-7-13-10-4-2-9(8-11)3-5-10;/h2-5,12H,6-7H2,1H3;1H. The summed E-state index contributed by atoms with van der Waals surface area (Å²) in [5.74, 6) is 0.800. The average Bonchev–Trinajstić information content (AvgIpc) is 2.19. The lowest BCUT2D eigenvalue weighted by Gasteiger charge is -2.04. The van der Waals surface area contributed by atoms with Gasteiger partial charge in [0, 0.05) is 6.54 Å². The van der Waals surface area contributed by atoms with Crippen molar-refractivity contribution in [3.8, 4) is 11.8 Å². The van der Waals surface area contributed by atoms with Crippen LogP contribution in [0.5, 0.6) is 5.75 Å². The molecule has 4 heteroatoms. The Hall–Kier alpha value is -1.24. The second-order valence-corrected chi connectivity index (χ2v) is 2.59. The topological polar surface area (TPSA) is 45.0 Å². The van der Waals surface area contributed by atoms with Gasteiger partial charge in [-0.3, -0.25) is 0 Å². The van der Waals surface area contributed by atoms with Crippen LogP contribution in [0.15, 0.2) is 24.3 Å². The maximum atomic E-state index is 8.54. The predicted molar refractivity (Wildman–Crippen MR) is 57.8 cm³/mol. The van der Waals surface area contributed by atoms with E-state index in [0.29, 0.717) is 12.2 Å². The summed E-state index contributed by atoms with van der Waals surface area (Å²) in [7, 11) is 1.88. The fraction of sp³-hybridized carbons (Fsp3) is 0.300. The summed E-state index contributed by atoms with van der Waals surface area (Å²) in [6.45, 7) is 1.46. The molecule has 0 spiro atoms. The van der Waals surface area contributed by atoms with Gasteiger partial charge in [-0.2, -0.15) is 5.26 Å². The largest absolute Gasteiger partial charge is 0.492 e. The first kappa shape index (κ1) is 12.8. The van der Waals surface area contributed by atoms with Gasteiger partial charge in [-0.05, 0) is 31.3 Å². The van der Waals surface area contributed by atoms with Crippen molar-refractivity contribution in [1.29, 1.82) is 5.26 Å². The zero-order valence-corrected chi connectivity index (χ0v) is 8.80. The molecule has 3 nitrogen and oxygen atoms in total. The van der Waals surface area contributed by atoms with Crippen molar-refractivity contribution in [2.75, 3.05) is 20.2 Å². The molecule has 0 saturated heterocycles. The number of likely N-dealkylation sites (N-methyl/N-ethyl adjacent to an activating group) is 1. The van der Waals surface area contributed by atoms with Gasteiger partial charge in [-0.15, -0.1) is 12.4 Å². The fourth-order valence-electron chi connectivity index (χ4n) is 0.897. The van der Waals surface area contributed by atoms with Crippen LogP contribution in [0.3, 0.4) is 0 Å². The van der Waals surface area contributed by atoms with Crippen molar-refractivity contribution in [3.63, 3.8) is 0 Å². The van der Waals surface area contributed by atoms with Crippen LogP contribution in [-0.2, 0) is 0 Å². The molecule has 0 aliphatic carbocycles. The molecule has 0 heterocycles. The highest BCUT2D eigenvalue weighted by atomic mass is 35.5. The first-order chi connectivity index (χ1) is 6.36. The number of hydrogen-bond donors (Lipinski definition) is 1. The van der Waals surface area contributed by atoms with Crippen LogP contribution in [0.25, 0.3) is 0 Å². The number of nitrogens with one attached hydrogen (secondary N) is 1. The quantitative estimate of drug-likeness (QED) is 0.771. The number of hydrogen-bond acceptors (Lipinski definition) is 3. The molecule has 0 amide bonds. The third kappa shape index (κ3) is 4.13. The van der Waals surface area contributed by atoms with E-state index in [-0.39, 0.29) is 12.4 Å². The number of rotatable bonds is 4. The zero-order valence-electron chi connectivity index (χ0n) is 7.99. The molecule has 0 aliphatic heterocycles. The summed E-state index contributed by atoms with van der Waals surface area (Å²) in [6.07, 6.45) is 0. The molecule has 1 aromatic rings. The lowest BCUT2D eigenvalue weighted by molar-refractivity contribution is 0.318. The number of benzene rings is 1. The minimum Gasteiger partial charge on any atom is -0.492 e.